The Kier molecular flexibility index (Phi) is 10.8. The van der Waals surface area contributed by atoms with Gasteiger partial charge in [-0.15, -0.1) is 0 Å². The van der Waals surface area contributed by atoms with Crippen LogP contribution in [0, 0.1) is 0 Å². The van der Waals surface area contributed by atoms with Gasteiger partial charge in [0.2, 0.25) is 5.91 Å². The van der Waals surface area contributed by atoms with Crippen molar-refractivity contribution in [2.24, 2.45) is 5.11 Å². The maximum Gasteiger partial charge on any atom is 0.220 e. The van der Waals surface area contributed by atoms with Crippen molar-refractivity contribution < 1.29 is 9.90 Å². The first kappa shape index (κ1) is 22.9. The van der Waals surface area contributed by atoms with E-state index in [1.165, 1.54) is 6.07 Å². The lowest BCUT2D eigenvalue weighted by Crippen LogP contribution is -2.25. The molecule has 0 aliphatic carbocycles. The molecule has 0 spiro atoms. The molecule has 29 heavy (non-hydrogen) atoms. The third-order valence-electron chi connectivity index (χ3n) is 3.84. The maximum absolute atomic E-state index is 11.8. The number of benzene rings is 1. The number of aromatic nitrogens is 1. The molecule has 1 amide bonds. The largest absolute Gasteiger partial charge is 0.508 e. The number of hydrogen-bond donors (Lipinski definition) is 3. The minimum absolute atomic E-state index is 0.0668. The van der Waals surface area contributed by atoms with Crippen molar-refractivity contribution in [3.63, 3.8) is 0 Å². The second-order valence-corrected chi connectivity index (χ2v) is 8.50. The van der Waals surface area contributed by atoms with E-state index in [-0.39, 0.29) is 11.7 Å². The zero-order valence-corrected chi connectivity index (χ0v) is 17.6. The molecule has 0 unspecified atom stereocenters. The van der Waals surface area contributed by atoms with Crippen LogP contribution in [0.2, 0.25) is 0 Å². The summed E-state index contributed by atoms with van der Waals surface area (Å²) in [6, 6.07) is 10.6. The summed E-state index contributed by atoms with van der Waals surface area (Å²) in [4.78, 5) is 18.7. The number of nitrogens with zero attached hydrogens (tertiary/aromatic N) is 4. The van der Waals surface area contributed by atoms with E-state index >= 15 is 0 Å². The lowest BCUT2D eigenvalue weighted by Gasteiger charge is -2.08. The third-order valence-corrected chi connectivity index (χ3v) is 6.11. The zero-order valence-electron chi connectivity index (χ0n) is 16.0. The predicted octanol–water partition coefficient (Wildman–Crippen LogP) is 4.55. The molecule has 3 N–H and O–H groups in total. The highest BCUT2D eigenvalue weighted by molar-refractivity contribution is 8.76. The van der Waals surface area contributed by atoms with Crippen molar-refractivity contribution in [3.8, 4) is 5.75 Å². The number of unbranched alkanes of at least 4 members (excludes halogenated alkanes) is 1. The van der Waals surface area contributed by atoms with E-state index in [1.54, 1.807) is 39.9 Å². The Labute approximate surface area is 177 Å². The topological polar surface area (TPSA) is 123 Å². The summed E-state index contributed by atoms with van der Waals surface area (Å²) in [5.74, 6) is 0.919. The van der Waals surface area contributed by atoms with Gasteiger partial charge in [-0.05, 0) is 53.9 Å². The number of aromatic hydroxyl groups is 1. The number of amides is 1. The van der Waals surface area contributed by atoms with Gasteiger partial charge in [-0.2, -0.15) is 0 Å². The molecule has 1 heterocycles. The Morgan fingerprint density at radius 2 is 2.10 bits per heavy atom. The van der Waals surface area contributed by atoms with Crippen LogP contribution in [0.25, 0.3) is 10.4 Å². The second-order valence-electron chi connectivity index (χ2n) is 6.06. The number of pyridine rings is 1. The average molecular weight is 433 g/mol. The Bertz CT molecular complexity index is 816. The van der Waals surface area contributed by atoms with Gasteiger partial charge in [-0.25, -0.2) is 4.98 Å². The number of carbonyl (C=O) groups excluding carboxylic acids is 1. The standard InChI is InChI=1S/C19H24N6O2S2/c20-25-24-16-7-6-15(17(26)13-16)14-21-9-3-4-10-22-18(27)8-12-28-29-19-5-1-2-11-23-19/h1-2,5-7,11,13,21,26H,3-4,8-10,12,14H2,(H,22,27). The number of rotatable bonds is 13. The molecule has 0 aliphatic heterocycles. The van der Waals surface area contributed by atoms with Crippen LogP contribution in [0.4, 0.5) is 5.69 Å². The fourth-order valence-electron chi connectivity index (χ4n) is 2.36. The summed E-state index contributed by atoms with van der Waals surface area (Å²) in [6.45, 7) is 1.97. The molecule has 0 radical (unpaired) electrons. The van der Waals surface area contributed by atoms with Crippen molar-refractivity contribution in [2.45, 2.75) is 30.8 Å². The van der Waals surface area contributed by atoms with Gasteiger partial charge in [0.05, 0.1) is 0 Å². The van der Waals surface area contributed by atoms with Gasteiger partial charge in [0.25, 0.3) is 0 Å². The first-order chi connectivity index (χ1) is 14.2. The van der Waals surface area contributed by atoms with Crippen LogP contribution in [0.15, 0.2) is 52.7 Å². The van der Waals surface area contributed by atoms with Gasteiger partial charge >= 0.3 is 0 Å². The summed E-state index contributed by atoms with van der Waals surface area (Å²) in [5, 5.41) is 20.5. The monoisotopic (exact) mass is 432 g/mol. The first-order valence-corrected chi connectivity index (χ1v) is 11.6. The van der Waals surface area contributed by atoms with Crippen molar-refractivity contribution in [1.29, 1.82) is 0 Å². The van der Waals surface area contributed by atoms with Gasteiger partial charge < -0.3 is 15.7 Å². The molecule has 0 saturated heterocycles. The molecule has 2 aromatic rings. The summed E-state index contributed by atoms with van der Waals surface area (Å²) in [5.41, 5.74) is 9.52. The molecular weight excluding hydrogens is 408 g/mol. The first-order valence-electron chi connectivity index (χ1n) is 9.24. The van der Waals surface area contributed by atoms with Gasteiger partial charge in [0.15, 0.2) is 0 Å². The predicted molar refractivity (Wildman–Crippen MR) is 118 cm³/mol. The smallest absolute Gasteiger partial charge is 0.220 e. The lowest BCUT2D eigenvalue weighted by atomic mass is 10.2. The summed E-state index contributed by atoms with van der Waals surface area (Å²) in [7, 11) is 3.21. The molecule has 2 rings (SSSR count). The van der Waals surface area contributed by atoms with Gasteiger partial charge in [0, 0.05) is 47.6 Å². The minimum atomic E-state index is 0.0668. The molecule has 0 fully saturated rings. The van der Waals surface area contributed by atoms with Crippen molar-refractivity contribution in [1.82, 2.24) is 15.6 Å². The second kappa shape index (κ2) is 13.7. The molecule has 8 nitrogen and oxygen atoms in total. The van der Waals surface area contributed by atoms with E-state index in [2.05, 4.69) is 25.6 Å². The normalized spacial score (nSPS) is 10.3. The Balaban J connectivity index is 1.47. The fourth-order valence-corrected chi connectivity index (χ4v) is 4.23. The van der Waals surface area contributed by atoms with E-state index in [1.807, 2.05) is 18.2 Å². The number of phenols is 1. The Morgan fingerprint density at radius 3 is 2.86 bits per heavy atom. The third kappa shape index (κ3) is 9.58. The number of hydrogen-bond acceptors (Lipinski definition) is 7. The van der Waals surface area contributed by atoms with Gasteiger partial charge in [-0.1, -0.05) is 34.1 Å². The van der Waals surface area contributed by atoms with E-state index in [9.17, 15) is 9.90 Å². The summed E-state index contributed by atoms with van der Waals surface area (Å²) in [6.07, 6.45) is 4.06. The van der Waals surface area contributed by atoms with Crippen LogP contribution < -0.4 is 10.6 Å². The molecule has 0 bridgehead atoms. The summed E-state index contributed by atoms with van der Waals surface area (Å²) >= 11 is 0. The van der Waals surface area contributed by atoms with E-state index in [0.29, 0.717) is 25.2 Å². The van der Waals surface area contributed by atoms with Crippen LogP contribution >= 0.6 is 21.6 Å². The van der Waals surface area contributed by atoms with Crippen LogP contribution in [0.3, 0.4) is 0 Å². The molecule has 154 valence electrons. The number of phenolic OH excluding ortho intramolecular Hbond substituents is 1. The fraction of sp³-hybridized carbons (Fsp3) is 0.368. The van der Waals surface area contributed by atoms with Crippen molar-refractivity contribution in [2.75, 3.05) is 18.8 Å². The molecule has 1 aromatic carbocycles. The minimum Gasteiger partial charge on any atom is -0.508 e. The Morgan fingerprint density at radius 1 is 1.24 bits per heavy atom. The highest BCUT2D eigenvalue weighted by atomic mass is 33.1. The quantitative estimate of drug-likeness (QED) is 0.140. The van der Waals surface area contributed by atoms with E-state index < -0.39 is 0 Å². The maximum atomic E-state index is 11.8. The van der Waals surface area contributed by atoms with Crippen LogP contribution in [-0.2, 0) is 11.3 Å². The highest BCUT2D eigenvalue weighted by Gasteiger charge is 2.03. The molecular formula is C19H24N6O2S2. The molecule has 1 aromatic heterocycles. The molecule has 0 saturated carbocycles. The van der Waals surface area contributed by atoms with Gasteiger partial charge in [-0.3, -0.25) is 4.79 Å². The Hall–Kier alpha value is -2.39. The van der Waals surface area contributed by atoms with Crippen molar-refractivity contribution >= 4 is 33.2 Å². The number of nitrogens with one attached hydrogen (secondary N) is 2. The zero-order chi connectivity index (χ0) is 20.7. The van der Waals surface area contributed by atoms with E-state index in [0.717, 1.165) is 35.7 Å². The number of carbonyl (C=O) groups is 1. The SMILES string of the molecule is [N-]=[N+]=Nc1ccc(CNCCCCNC(=O)CCSSc2ccccn2)c(O)c1. The van der Waals surface area contributed by atoms with Crippen LogP contribution in [0.1, 0.15) is 24.8 Å². The van der Waals surface area contributed by atoms with Crippen molar-refractivity contribution in [3.05, 3.63) is 58.6 Å². The molecule has 0 atom stereocenters. The summed E-state index contributed by atoms with van der Waals surface area (Å²) < 4.78 is 0. The lowest BCUT2D eigenvalue weighted by molar-refractivity contribution is -0.120. The van der Waals surface area contributed by atoms with E-state index in [4.69, 9.17) is 5.53 Å². The average Bonchev–Trinajstić information content (AvgIpc) is 2.73. The highest BCUT2D eigenvalue weighted by Crippen LogP contribution is 2.29. The van der Waals surface area contributed by atoms with Crippen LogP contribution in [0.5, 0.6) is 5.75 Å². The molecule has 10 heteroatoms. The van der Waals surface area contributed by atoms with Gasteiger partial charge in [0.1, 0.15) is 10.8 Å². The van der Waals surface area contributed by atoms with Crippen LogP contribution in [-0.4, -0.2) is 34.8 Å². The molecule has 0 aliphatic rings. The number of azide groups is 1.